The van der Waals surface area contributed by atoms with Crippen LogP contribution in [-0.2, 0) is 0 Å². The lowest BCUT2D eigenvalue weighted by Gasteiger charge is -2.15. The Morgan fingerprint density at radius 2 is 1.74 bits per heavy atom. The number of aromatic nitrogens is 1. The van der Waals surface area contributed by atoms with Gasteiger partial charge < -0.3 is 15.4 Å². The molecule has 0 aliphatic carbocycles. The van der Waals surface area contributed by atoms with Gasteiger partial charge in [-0.15, -0.1) is 0 Å². The number of pyridine rings is 1. The first-order chi connectivity index (χ1) is 11.1. The summed E-state index contributed by atoms with van der Waals surface area (Å²) in [5.74, 6) is -0.909. The van der Waals surface area contributed by atoms with Crippen molar-refractivity contribution >= 4 is 16.8 Å². The highest BCUT2D eigenvalue weighted by Crippen LogP contribution is 2.24. The molecule has 0 unspecified atom stereocenters. The number of amides is 1. The van der Waals surface area contributed by atoms with E-state index in [0.29, 0.717) is 10.9 Å². The van der Waals surface area contributed by atoms with Crippen LogP contribution in [0.25, 0.3) is 10.9 Å². The van der Waals surface area contributed by atoms with Crippen molar-refractivity contribution in [2.24, 2.45) is 0 Å². The average molecular weight is 308 g/mol. The predicted octanol–water partition coefficient (Wildman–Crippen LogP) is 2.72. The largest absolute Gasteiger partial charge is 0.506 e. The van der Waals surface area contributed by atoms with Gasteiger partial charge in [-0.05, 0) is 24.6 Å². The lowest BCUT2D eigenvalue weighted by molar-refractivity contribution is 0.0936. The molecule has 0 radical (unpaired) electrons. The molecule has 1 aromatic heterocycles. The highest BCUT2D eigenvalue weighted by atomic mass is 16.3. The van der Waals surface area contributed by atoms with E-state index in [0.717, 1.165) is 5.56 Å². The molecule has 5 nitrogen and oxygen atoms in total. The maximum atomic E-state index is 12.4. The van der Waals surface area contributed by atoms with Crippen molar-refractivity contribution in [1.29, 1.82) is 0 Å². The molecule has 3 N–H and O–H groups in total. The molecule has 0 saturated carbocycles. The zero-order valence-electron chi connectivity index (χ0n) is 12.5. The van der Waals surface area contributed by atoms with E-state index in [1.54, 1.807) is 24.3 Å². The third kappa shape index (κ3) is 2.81. The third-order valence-corrected chi connectivity index (χ3v) is 3.77. The number of carbonyl (C=O) groups excluding carboxylic acids is 1. The average Bonchev–Trinajstić information content (AvgIpc) is 2.55. The molecule has 0 fully saturated rings. The van der Waals surface area contributed by atoms with E-state index in [9.17, 15) is 14.7 Å². The lowest BCUT2D eigenvalue weighted by atomic mass is 10.1. The summed E-state index contributed by atoms with van der Waals surface area (Å²) >= 11 is 0. The molecule has 0 aliphatic heterocycles. The van der Waals surface area contributed by atoms with Crippen molar-refractivity contribution in [3.63, 3.8) is 0 Å². The standard InChI is InChI=1S/C18H16N2O3/c1-11(12-7-3-2-4-8-12)19-17(22)15-16(21)13-9-5-6-10-14(13)20-18(15)23/h2-11H,1H3,(H,19,22)(H2,20,21,23)/t11-/m1/s1. The van der Waals surface area contributed by atoms with Gasteiger partial charge in [-0.3, -0.25) is 9.59 Å². The molecular weight excluding hydrogens is 292 g/mol. The van der Waals surface area contributed by atoms with Crippen molar-refractivity contribution in [3.05, 3.63) is 76.1 Å². The number of aromatic hydroxyl groups is 1. The number of carbonyl (C=O) groups is 1. The molecule has 1 amide bonds. The first-order valence-corrected chi connectivity index (χ1v) is 7.27. The highest BCUT2D eigenvalue weighted by molar-refractivity contribution is 6.02. The van der Waals surface area contributed by atoms with Crippen LogP contribution in [0.4, 0.5) is 0 Å². The second-order valence-corrected chi connectivity index (χ2v) is 5.33. The number of para-hydroxylation sites is 1. The van der Waals surface area contributed by atoms with Crippen LogP contribution in [0.3, 0.4) is 0 Å². The Bertz CT molecular complexity index is 916. The minimum absolute atomic E-state index is 0.272. The number of hydrogen-bond acceptors (Lipinski definition) is 3. The number of rotatable bonds is 3. The second-order valence-electron chi connectivity index (χ2n) is 5.33. The van der Waals surface area contributed by atoms with E-state index >= 15 is 0 Å². The van der Waals surface area contributed by atoms with Gasteiger partial charge in [-0.2, -0.15) is 0 Å². The summed E-state index contributed by atoms with van der Waals surface area (Å²) in [7, 11) is 0. The van der Waals surface area contributed by atoms with Crippen LogP contribution in [0.5, 0.6) is 5.75 Å². The molecule has 0 aliphatic rings. The molecule has 116 valence electrons. The zero-order valence-corrected chi connectivity index (χ0v) is 12.5. The van der Waals surface area contributed by atoms with Crippen LogP contribution >= 0.6 is 0 Å². The Balaban J connectivity index is 1.97. The summed E-state index contributed by atoms with van der Waals surface area (Å²) in [5.41, 5.74) is 0.519. The molecule has 1 atom stereocenters. The Kier molecular flexibility index (Phi) is 3.85. The number of nitrogens with one attached hydrogen (secondary N) is 2. The van der Waals surface area contributed by atoms with E-state index in [1.165, 1.54) is 0 Å². The van der Waals surface area contributed by atoms with Crippen molar-refractivity contribution in [2.45, 2.75) is 13.0 Å². The molecule has 2 aromatic carbocycles. The lowest BCUT2D eigenvalue weighted by Crippen LogP contribution is -2.31. The summed E-state index contributed by atoms with van der Waals surface area (Å²) in [6, 6.07) is 15.9. The smallest absolute Gasteiger partial charge is 0.265 e. The van der Waals surface area contributed by atoms with Gasteiger partial charge in [-0.25, -0.2) is 0 Å². The summed E-state index contributed by atoms with van der Waals surface area (Å²) in [5, 5.41) is 13.5. The molecule has 0 bridgehead atoms. The topological polar surface area (TPSA) is 82.2 Å². The van der Waals surface area contributed by atoms with E-state index in [4.69, 9.17) is 0 Å². The molecular formula is C18H16N2O3. The highest BCUT2D eigenvalue weighted by Gasteiger charge is 2.20. The van der Waals surface area contributed by atoms with Gasteiger partial charge in [0.05, 0.1) is 11.6 Å². The maximum absolute atomic E-state index is 12.4. The summed E-state index contributed by atoms with van der Waals surface area (Å²) in [6.07, 6.45) is 0. The molecule has 0 saturated heterocycles. The fourth-order valence-electron chi connectivity index (χ4n) is 2.53. The van der Waals surface area contributed by atoms with Crippen molar-refractivity contribution in [2.75, 3.05) is 0 Å². The molecule has 1 heterocycles. The van der Waals surface area contributed by atoms with Gasteiger partial charge >= 0.3 is 0 Å². The summed E-state index contributed by atoms with van der Waals surface area (Å²) in [4.78, 5) is 27.2. The predicted molar refractivity (Wildman–Crippen MR) is 88.6 cm³/mol. The van der Waals surface area contributed by atoms with Gasteiger partial charge in [0.2, 0.25) is 0 Å². The van der Waals surface area contributed by atoms with Crippen LogP contribution in [0, 0.1) is 0 Å². The second kappa shape index (κ2) is 5.96. The van der Waals surface area contributed by atoms with Crippen molar-refractivity contribution in [1.82, 2.24) is 10.3 Å². The zero-order chi connectivity index (χ0) is 16.4. The van der Waals surface area contributed by atoms with Crippen molar-refractivity contribution in [3.8, 4) is 5.75 Å². The fraction of sp³-hybridized carbons (Fsp3) is 0.111. The maximum Gasteiger partial charge on any atom is 0.265 e. The quantitative estimate of drug-likeness (QED) is 0.696. The minimum atomic E-state index is -0.612. The summed E-state index contributed by atoms with van der Waals surface area (Å²) in [6.45, 7) is 1.82. The Morgan fingerprint density at radius 1 is 1.09 bits per heavy atom. The Labute approximate surface area is 132 Å². The minimum Gasteiger partial charge on any atom is -0.506 e. The first-order valence-electron chi connectivity index (χ1n) is 7.27. The van der Waals surface area contributed by atoms with Gasteiger partial charge in [0.25, 0.3) is 11.5 Å². The molecule has 23 heavy (non-hydrogen) atoms. The van der Waals surface area contributed by atoms with Crippen LogP contribution in [-0.4, -0.2) is 16.0 Å². The van der Waals surface area contributed by atoms with Crippen LogP contribution in [0.2, 0.25) is 0 Å². The molecule has 3 rings (SSSR count). The normalized spacial score (nSPS) is 12.0. The summed E-state index contributed by atoms with van der Waals surface area (Å²) < 4.78 is 0. The number of aromatic amines is 1. The number of benzene rings is 2. The van der Waals surface area contributed by atoms with Crippen LogP contribution in [0.15, 0.2) is 59.4 Å². The Morgan fingerprint density at radius 3 is 2.48 bits per heavy atom. The third-order valence-electron chi connectivity index (χ3n) is 3.77. The fourth-order valence-corrected chi connectivity index (χ4v) is 2.53. The Hall–Kier alpha value is -3.08. The molecule has 3 aromatic rings. The molecule has 5 heteroatoms. The van der Waals surface area contributed by atoms with E-state index in [-0.39, 0.29) is 17.4 Å². The SMILES string of the molecule is C[C@@H](NC(=O)c1c(O)c2ccccc2[nH]c1=O)c1ccccc1. The van der Waals surface area contributed by atoms with Gasteiger partial charge in [0, 0.05) is 5.39 Å². The van der Waals surface area contributed by atoms with Gasteiger partial charge in [-0.1, -0.05) is 42.5 Å². The van der Waals surface area contributed by atoms with E-state index < -0.39 is 11.5 Å². The van der Waals surface area contributed by atoms with Gasteiger partial charge in [0.15, 0.2) is 0 Å². The van der Waals surface area contributed by atoms with E-state index in [2.05, 4.69) is 10.3 Å². The van der Waals surface area contributed by atoms with Crippen LogP contribution < -0.4 is 10.9 Å². The van der Waals surface area contributed by atoms with Crippen molar-refractivity contribution < 1.29 is 9.90 Å². The van der Waals surface area contributed by atoms with Crippen LogP contribution in [0.1, 0.15) is 28.9 Å². The van der Waals surface area contributed by atoms with E-state index in [1.807, 2.05) is 37.3 Å². The first kappa shape index (κ1) is 14.8. The number of hydrogen-bond donors (Lipinski definition) is 3. The number of H-pyrrole nitrogens is 1. The molecule has 0 spiro atoms. The monoisotopic (exact) mass is 308 g/mol. The number of fused-ring (bicyclic) bond motifs is 1. The van der Waals surface area contributed by atoms with Gasteiger partial charge in [0.1, 0.15) is 11.3 Å².